The summed E-state index contributed by atoms with van der Waals surface area (Å²) in [6.45, 7) is 4.77. The summed E-state index contributed by atoms with van der Waals surface area (Å²) in [5.74, 6) is 0.963. The number of nitrogens with two attached hydrogens (primary N) is 1. The van der Waals surface area contributed by atoms with Crippen LogP contribution in [-0.2, 0) is 6.54 Å². The molecule has 0 saturated carbocycles. The fourth-order valence-electron chi connectivity index (χ4n) is 1.76. The Morgan fingerprint density at radius 1 is 1.38 bits per heavy atom. The molecule has 16 heavy (non-hydrogen) atoms. The summed E-state index contributed by atoms with van der Waals surface area (Å²) in [5.41, 5.74) is 8.00. The van der Waals surface area contributed by atoms with Crippen molar-refractivity contribution in [2.24, 2.45) is 5.73 Å². The van der Waals surface area contributed by atoms with Gasteiger partial charge >= 0.3 is 0 Å². The van der Waals surface area contributed by atoms with Crippen LogP contribution in [0.15, 0.2) is 18.2 Å². The lowest BCUT2D eigenvalue weighted by molar-refractivity contribution is 0.315. The van der Waals surface area contributed by atoms with Crippen molar-refractivity contribution in [3.63, 3.8) is 0 Å². The highest BCUT2D eigenvalue weighted by atomic mass is 16.5. The smallest absolute Gasteiger partial charge is 0.123 e. The predicted octanol–water partition coefficient (Wildman–Crippen LogP) is 1.78. The largest absolute Gasteiger partial charge is 0.496 e. The second-order valence-corrected chi connectivity index (χ2v) is 4.20. The summed E-state index contributed by atoms with van der Waals surface area (Å²) in [4.78, 5) is 2.27. The maximum atomic E-state index is 5.50. The van der Waals surface area contributed by atoms with Crippen molar-refractivity contribution >= 4 is 0 Å². The number of benzene rings is 1. The zero-order valence-corrected chi connectivity index (χ0v) is 10.5. The standard InChI is InChI=1S/C13H22N2O/c1-11-5-6-13(16-3)12(9-11)10-15(2)8-4-7-14/h5-6,9H,4,7-8,10,14H2,1-3H3. The van der Waals surface area contributed by atoms with Gasteiger partial charge in [-0.25, -0.2) is 0 Å². The molecule has 0 aliphatic carbocycles. The second kappa shape index (κ2) is 6.51. The van der Waals surface area contributed by atoms with Crippen LogP contribution in [-0.4, -0.2) is 32.1 Å². The molecule has 0 spiro atoms. The Balaban J connectivity index is 2.67. The number of aryl methyl sites for hydroxylation is 1. The third kappa shape index (κ3) is 3.83. The van der Waals surface area contributed by atoms with E-state index < -0.39 is 0 Å². The maximum absolute atomic E-state index is 5.50. The Kier molecular flexibility index (Phi) is 5.29. The first-order valence-corrected chi connectivity index (χ1v) is 5.69. The van der Waals surface area contributed by atoms with E-state index in [0.29, 0.717) is 0 Å². The molecule has 0 atom stereocenters. The minimum atomic E-state index is 0.745. The van der Waals surface area contributed by atoms with Crippen LogP contribution in [0.3, 0.4) is 0 Å². The van der Waals surface area contributed by atoms with Gasteiger partial charge < -0.3 is 15.4 Å². The van der Waals surface area contributed by atoms with E-state index in [1.165, 1.54) is 11.1 Å². The van der Waals surface area contributed by atoms with Crippen LogP contribution < -0.4 is 10.5 Å². The van der Waals surface area contributed by atoms with E-state index in [2.05, 4.69) is 31.0 Å². The first kappa shape index (κ1) is 13.0. The lowest BCUT2D eigenvalue weighted by Crippen LogP contribution is -2.21. The van der Waals surface area contributed by atoms with Gasteiger partial charge in [0.2, 0.25) is 0 Å². The predicted molar refractivity (Wildman–Crippen MR) is 67.7 cm³/mol. The van der Waals surface area contributed by atoms with E-state index in [1.807, 2.05) is 6.07 Å². The molecular weight excluding hydrogens is 200 g/mol. The molecule has 2 N–H and O–H groups in total. The highest BCUT2D eigenvalue weighted by molar-refractivity contribution is 5.36. The van der Waals surface area contributed by atoms with Crippen molar-refractivity contribution in [1.82, 2.24) is 4.90 Å². The molecular formula is C13H22N2O. The average Bonchev–Trinajstić information content (AvgIpc) is 2.27. The lowest BCUT2D eigenvalue weighted by atomic mass is 10.1. The summed E-state index contributed by atoms with van der Waals surface area (Å²) in [6, 6.07) is 6.28. The average molecular weight is 222 g/mol. The van der Waals surface area contributed by atoms with Crippen molar-refractivity contribution in [2.45, 2.75) is 19.9 Å². The van der Waals surface area contributed by atoms with Gasteiger partial charge in [0, 0.05) is 12.1 Å². The Morgan fingerprint density at radius 2 is 2.12 bits per heavy atom. The molecule has 0 fully saturated rings. The third-order valence-electron chi connectivity index (χ3n) is 2.62. The summed E-state index contributed by atoms with van der Waals surface area (Å²) < 4.78 is 5.35. The first-order valence-electron chi connectivity index (χ1n) is 5.69. The third-order valence-corrected chi connectivity index (χ3v) is 2.62. The van der Waals surface area contributed by atoms with Crippen molar-refractivity contribution in [1.29, 1.82) is 0 Å². The molecule has 3 heteroatoms. The fraction of sp³-hybridized carbons (Fsp3) is 0.538. The summed E-state index contributed by atoms with van der Waals surface area (Å²) >= 11 is 0. The van der Waals surface area contributed by atoms with Crippen LogP contribution >= 0.6 is 0 Å². The van der Waals surface area contributed by atoms with Crippen molar-refractivity contribution in [2.75, 3.05) is 27.2 Å². The zero-order chi connectivity index (χ0) is 12.0. The molecule has 3 nitrogen and oxygen atoms in total. The van der Waals surface area contributed by atoms with Crippen LogP contribution in [0.4, 0.5) is 0 Å². The molecule has 0 bridgehead atoms. The Bertz CT molecular complexity index is 326. The van der Waals surface area contributed by atoms with Gasteiger partial charge in [-0.15, -0.1) is 0 Å². The van der Waals surface area contributed by atoms with Gasteiger partial charge in [0.15, 0.2) is 0 Å². The summed E-state index contributed by atoms with van der Waals surface area (Å²) in [6.07, 6.45) is 1.03. The lowest BCUT2D eigenvalue weighted by Gasteiger charge is -2.18. The normalized spacial score (nSPS) is 10.8. The van der Waals surface area contributed by atoms with Gasteiger partial charge in [0.25, 0.3) is 0 Å². The molecule has 0 heterocycles. The van der Waals surface area contributed by atoms with Crippen molar-refractivity contribution in [3.8, 4) is 5.75 Å². The zero-order valence-electron chi connectivity index (χ0n) is 10.5. The number of ether oxygens (including phenoxy) is 1. The molecule has 0 aromatic heterocycles. The van der Waals surface area contributed by atoms with Gasteiger partial charge in [-0.3, -0.25) is 0 Å². The van der Waals surface area contributed by atoms with Crippen molar-refractivity contribution < 1.29 is 4.74 Å². The minimum absolute atomic E-state index is 0.745. The highest BCUT2D eigenvalue weighted by Crippen LogP contribution is 2.20. The molecule has 0 amide bonds. The number of hydrogen-bond donors (Lipinski definition) is 1. The van der Waals surface area contributed by atoms with E-state index in [9.17, 15) is 0 Å². The molecule has 0 aliphatic heterocycles. The van der Waals surface area contributed by atoms with Crippen LogP contribution in [0.2, 0.25) is 0 Å². The fourth-order valence-corrected chi connectivity index (χ4v) is 1.76. The molecule has 0 radical (unpaired) electrons. The minimum Gasteiger partial charge on any atom is -0.496 e. The van der Waals surface area contributed by atoms with E-state index in [-0.39, 0.29) is 0 Å². The number of rotatable bonds is 6. The van der Waals surface area contributed by atoms with E-state index >= 15 is 0 Å². The Labute approximate surface area is 98.2 Å². The molecule has 1 rings (SSSR count). The molecule has 1 aromatic rings. The maximum Gasteiger partial charge on any atom is 0.123 e. The van der Waals surface area contributed by atoms with Crippen LogP contribution in [0.25, 0.3) is 0 Å². The topological polar surface area (TPSA) is 38.5 Å². The number of hydrogen-bond acceptors (Lipinski definition) is 3. The van der Waals surface area contributed by atoms with Gasteiger partial charge in [0.05, 0.1) is 7.11 Å². The van der Waals surface area contributed by atoms with Crippen LogP contribution in [0.1, 0.15) is 17.5 Å². The molecule has 0 unspecified atom stereocenters. The molecule has 90 valence electrons. The van der Waals surface area contributed by atoms with Gasteiger partial charge in [-0.2, -0.15) is 0 Å². The van der Waals surface area contributed by atoms with E-state index in [4.69, 9.17) is 10.5 Å². The number of nitrogens with zero attached hydrogens (tertiary/aromatic N) is 1. The highest BCUT2D eigenvalue weighted by Gasteiger charge is 2.06. The van der Waals surface area contributed by atoms with Crippen molar-refractivity contribution in [3.05, 3.63) is 29.3 Å². The SMILES string of the molecule is COc1ccc(C)cc1CN(C)CCCN. The van der Waals surface area contributed by atoms with Gasteiger partial charge in [0.1, 0.15) is 5.75 Å². The summed E-state index contributed by atoms with van der Waals surface area (Å²) in [5, 5.41) is 0. The quantitative estimate of drug-likeness (QED) is 0.797. The Morgan fingerprint density at radius 3 is 2.75 bits per heavy atom. The van der Waals surface area contributed by atoms with Crippen LogP contribution in [0, 0.1) is 6.92 Å². The first-order chi connectivity index (χ1) is 7.67. The molecule has 1 aromatic carbocycles. The molecule has 0 aliphatic rings. The van der Waals surface area contributed by atoms with Gasteiger partial charge in [-0.1, -0.05) is 17.7 Å². The number of methoxy groups -OCH3 is 1. The molecule has 0 saturated heterocycles. The summed E-state index contributed by atoms with van der Waals surface area (Å²) in [7, 11) is 3.82. The van der Waals surface area contributed by atoms with E-state index in [1.54, 1.807) is 7.11 Å². The van der Waals surface area contributed by atoms with E-state index in [0.717, 1.165) is 31.8 Å². The monoisotopic (exact) mass is 222 g/mol. The van der Waals surface area contributed by atoms with Gasteiger partial charge in [-0.05, 0) is 39.5 Å². The van der Waals surface area contributed by atoms with Crippen LogP contribution in [0.5, 0.6) is 5.75 Å². The second-order valence-electron chi connectivity index (χ2n) is 4.20. The Hall–Kier alpha value is -1.06.